The number of fused-ring (bicyclic) bond motifs is 2. The Hall–Kier alpha value is -2.71. The van der Waals surface area contributed by atoms with Crippen molar-refractivity contribution in [1.82, 2.24) is 9.30 Å². The van der Waals surface area contributed by atoms with E-state index in [4.69, 9.17) is 10.2 Å². The maximum Gasteiger partial charge on any atom is 0.295 e. The largest absolute Gasteiger partial charge is 1.00 e. The number of nitrogens with two attached hydrogens (primary N) is 1. The molecule has 4 N–H and O–H groups in total. The quantitative estimate of drug-likeness (QED) is 0.120. The SMILES string of the molecule is CCN(CC)c1ccc2c(-c3ccc(S(=O)(=O)NCCN)cc3S(=O)(=O)O)c3ccc(=[N+](CC)CC)cc-3oc2c1.Cl.[Cl-]. The second-order valence-electron chi connectivity index (χ2n) is 9.50. The Morgan fingerprint density at radius 3 is 2.14 bits per heavy atom. The van der Waals surface area contributed by atoms with Crippen molar-refractivity contribution < 1.29 is 38.2 Å². The topological polar surface area (TPSA) is 146 Å². The summed E-state index contributed by atoms with van der Waals surface area (Å²) in [5, 5.41) is 1.56. The number of halogens is 2. The van der Waals surface area contributed by atoms with E-state index in [1.807, 2.05) is 36.4 Å². The van der Waals surface area contributed by atoms with Crippen molar-refractivity contribution in [1.29, 1.82) is 0 Å². The Balaban J connectivity index is 0.00000323. The molecule has 10 nitrogen and oxygen atoms in total. The highest BCUT2D eigenvalue weighted by molar-refractivity contribution is 7.89. The van der Waals surface area contributed by atoms with E-state index in [0.717, 1.165) is 43.3 Å². The number of rotatable bonds is 11. The van der Waals surface area contributed by atoms with Gasteiger partial charge in [-0.15, -0.1) is 12.4 Å². The summed E-state index contributed by atoms with van der Waals surface area (Å²) in [6, 6.07) is 15.1. The number of hydrogen-bond acceptors (Lipinski definition) is 7. The Labute approximate surface area is 265 Å². The first-order valence-electron chi connectivity index (χ1n) is 13.6. The molecule has 0 unspecified atom stereocenters. The first kappa shape index (κ1) is 36.5. The summed E-state index contributed by atoms with van der Waals surface area (Å²) < 4.78 is 72.2. The van der Waals surface area contributed by atoms with Gasteiger partial charge in [0.15, 0.2) is 0 Å². The maximum absolute atomic E-state index is 12.8. The Bertz CT molecular complexity index is 1830. The van der Waals surface area contributed by atoms with E-state index in [2.05, 4.69) is 41.9 Å². The molecule has 4 rings (SSSR count). The van der Waals surface area contributed by atoms with Gasteiger partial charge >= 0.3 is 0 Å². The van der Waals surface area contributed by atoms with Crippen molar-refractivity contribution in [3.8, 4) is 22.5 Å². The third-order valence-corrected chi connectivity index (χ3v) is 9.55. The lowest BCUT2D eigenvalue weighted by Crippen LogP contribution is -3.00. The molecule has 1 aliphatic heterocycles. The van der Waals surface area contributed by atoms with E-state index in [0.29, 0.717) is 27.9 Å². The van der Waals surface area contributed by atoms with E-state index in [1.54, 1.807) is 0 Å². The Kier molecular flexibility index (Phi) is 12.6. The average Bonchev–Trinajstić information content (AvgIpc) is 2.95. The molecule has 0 saturated carbocycles. The zero-order chi connectivity index (χ0) is 29.9. The van der Waals surface area contributed by atoms with Crippen molar-refractivity contribution in [2.45, 2.75) is 37.5 Å². The first-order valence-corrected chi connectivity index (χ1v) is 16.6. The zero-order valence-electron chi connectivity index (χ0n) is 24.5. The molecule has 43 heavy (non-hydrogen) atoms. The second-order valence-corrected chi connectivity index (χ2v) is 12.7. The predicted molar refractivity (Wildman–Crippen MR) is 169 cm³/mol. The van der Waals surface area contributed by atoms with Crippen LogP contribution in [0.2, 0.25) is 0 Å². The van der Waals surface area contributed by atoms with E-state index >= 15 is 0 Å². The Morgan fingerprint density at radius 1 is 0.907 bits per heavy atom. The van der Waals surface area contributed by atoms with Crippen LogP contribution in [-0.4, -0.2) is 60.7 Å². The van der Waals surface area contributed by atoms with Gasteiger partial charge in [-0.3, -0.25) is 4.55 Å². The van der Waals surface area contributed by atoms with Crippen LogP contribution >= 0.6 is 12.4 Å². The van der Waals surface area contributed by atoms with E-state index < -0.39 is 25.0 Å². The molecule has 0 amide bonds. The molecule has 0 radical (unpaired) electrons. The second kappa shape index (κ2) is 14.8. The normalized spacial score (nSPS) is 11.7. The summed E-state index contributed by atoms with van der Waals surface area (Å²) in [5.41, 5.74) is 8.18. The summed E-state index contributed by atoms with van der Waals surface area (Å²) in [5.74, 6) is 0.524. The predicted octanol–water partition coefficient (Wildman–Crippen LogP) is 0.772. The van der Waals surface area contributed by atoms with Gasteiger partial charge in [0.2, 0.25) is 15.4 Å². The van der Waals surface area contributed by atoms with Gasteiger partial charge in [0, 0.05) is 66.1 Å². The summed E-state index contributed by atoms with van der Waals surface area (Å²) in [4.78, 5) is 1.34. The molecular weight excluding hydrogens is 635 g/mol. The van der Waals surface area contributed by atoms with Crippen molar-refractivity contribution in [2.24, 2.45) is 5.73 Å². The minimum Gasteiger partial charge on any atom is -1.00 e. The molecule has 1 aliphatic carbocycles. The maximum atomic E-state index is 12.8. The van der Waals surface area contributed by atoms with Gasteiger partial charge in [0.05, 0.1) is 11.0 Å². The van der Waals surface area contributed by atoms with Gasteiger partial charge in [-0.05, 0) is 58.0 Å². The van der Waals surface area contributed by atoms with E-state index in [9.17, 15) is 21.4 Å². The zero-order valence-corrected chi connectivity index (χ0v) is 27.7. The highest BCUT2D eigenvalue weighted by Gasteiger charge is 2.27. The lowest BCUT2D eigenvalue weighted by molar-refractivity contribution is -0.0000158. The summed E-state index contributed by atoms with van der Waals surface area (Å²) in [6.45, 7) is 11.4. The lowest BCUT2D eigenvalue weighted by atomic mass is 9.93. The van der Waals surface area contributed by atoms with Crippen LogP contribution in [0.1, 0.15) is 27.7 Å². The molecule has 0 atom stereocenters. The van der Waals surface area contributed by atoms with Crippen LogP contribution in [0.25, 0.3) is 33.4 Å². The highest BCUT2D eigenvalue weighted by Crippen LogP contribution is 2.43. The monoisotopic (exact) mass is 672 g/mol. The van der Waals surface area contributed by atoms with Crippen LogP contribution in [-0.2, 0) is 20.1 Å². The number of anilines is 1. The Morgan fingerprint density at radius 2 is 1.56 bits per heavy atom. The lowest BCUT2D eigenvalue weighted by Gasteiger charge is -2.22. The van der Waals surface area contributed by atoms with Crippen LogP contribution in [0.3, 0.4) is 0 Å². The third kappa shape index (κ3) is 7.51. The first-order chi connectivity index (χ1) is 19.5. The minimum absolute atomic E-state index is 0. The van der Waals surface area contributed by atoms with Gasteiger partial charge < -0.3 is 27.5 Å². The van der Waals surface area contributed by atoms with Crippen LogP contribution in [0, 0.1) is 0 Å². The molecule has 2 aliphatic rings. The molecule has 0 saturated heterocycles. The number of sulfonamides is 1. The molecule has 0 fully saturated rings. The van der Waals surface area contributed by atoms with Crippen LogP contribution in [0.15, 0.2) is 68.8 Å². The van der Waals surface area contributed by atoms with Crippen LogP contribution in [0.4, 0.5) is 5.69 Å². The summed E-state index contributed by atoms with van der Waals surface area (Å²) in [6.07, 6.45) is 0. The standard InChI is InChI=1S/C29H36N4O6S2.2ClH/c1-5-32(6-2)20-9-12-23-26(17-20)39-27-18-21(33(7-3)8-4)10-13-24(27)29(23)25-14-11-22(19-28(25)41(36,37)38)40(34,35)31-16-15-30;;/h9-14,17-19,31H,5-8,15-16,30H2,1-4H3;2*1H. The highest BCUT2D eigenvalue weighted by atomic mass is 35.5. The van der Waals surface area contributed by atoms with E-state index in [-0.39, 0.29) is 48.4 Å². The van der Waals surface area contributed by atoms with Crippen LogP contribution < -0.4 is 37.7 Å². The van der Waals surface area contributed by atoms with Gasteiger partial charge in [0.1, 0.15) is 29.3 Å². The molecule has 0 aromatic heterocycles. The number of nitrogens with one attached hydrogen (secondary N) is 1. The van der Waals surface area contributed by atoms with Gasteiger partial charge in [-0.2, -0.15) is 8.42 Å². The fourth-order valence-electron chi connectivity index (χ4n) is 5.10. The average molecular weight is 674 g/mol. The number of hydrogen-bond donors (Lipinski definition) is 3. The van der Waals surface area contributed by atoms with E-state index in [1.165, 1.54) is 12.1 Å². The molecule has 236 valence electrons. The molecule has 0 spiro atoms. The summed E-state index contributed by atoms with van der Waals surface area (Å²) >= 11 is 0. The van der Waals surface area contributed by atoms with Crippen molar-refractivity contribution in [3.63, 3.8) is 0 Å². The molecule has 2 aromatic rings. The number of nitrogens with zero attached hydrogens (tertiary/aromatic N) is 2. The third-order valence-electron chi connectivity index (χ3n) is 7.19. The smallest absolute Gasteiger partial charge is 0.295 e. The van der Waals surface area contributed by atoms with Crippen LogP contribution in [0.5, 0.6) is 0 Å². The summed E-state index contributed by atoms with van der Waals surface area (Å²) in [7, 11) is -8.91. The minimum atomic E-state index is -4.85. The van der Waals surface area contributed by atoms with Crippen molar-refractivity contribution in [3.05, 3.63) is 60.0 Å². The number of benzene rings is 3. The van der Waals surface area contributed by atoms with Crippen molar-refractivity contribution >= 4 is 49.2 Å². The van der Waals surface area contributed by atoms with Crippen molar-refractivity contribution in [2.75, 3.05) is 44.2 Å². The molecule has 2 aromatic carbocycles. The fraction of sp³-hybridized carbons (Fsp3) is 0.345. The molecule has 1 heterocycles. The van der Waals surface area contributed by atoms with Gasteiger partial charge in [-0.1, -0.05) is 6.07 Å². The van der Waals surface area contributed by atoms with Gasteiger partial charge in [0.25, 0.3) is 10.1 Å². The molecule has 14 heteroatoms. The van der Waals surface area contributed by atoms with Gasteiger partial charge in [-0.25, -0.2) is 17.7 Å². The molecular formula is C29H38Cl2N4O6S2. The molecule has 0 bridgehead atoms. The fourth-order valence-corrected chi connectivity index (χ4v) is 6.97.